The summed E-state index contributed by atoms with van der Waals surface area (Å²) < 4.78 is 6.39. The van der Waals surface area contributed by atoms with Gasteiger partial charge in [-0.2, -0.15) is 0 Å². The van der Waals surface area contributed by atoms with Crippen molar-refractivity contribution >= 4 is 22.5 Å². The number of oxazole rings is 1. The van der Waals surface area contributed by atoms with E-state index in [1.165, 1.54) is 0 Å². The summed E-state index contributed by atoms with van der Waals surface area (Å²) in [6.45, 7) is 4.37. The second-order valence-corrected chi connectivity index (χ2v) is 8.08. The molecule has 0 spiro atoms. The number of hydrogen-bond donors (Lipinski definition) is 1. The van der Waals surface area contributed by atoms with E-state index in [4.69, 9.17) is 21.0 Å². The van der Waals surface area contributed by atoms with Crippen molar-refractivity contribution in [2.75, 3.05) is 14.1 Å². The molecule has 0 saturated heterocycles. The van der Waals surface area contributed by atoms with E-state index in [0.29, 0.717) is 10.9 Å². The van der Waals surface area contributed by atoms with Gasteiger partial charge in [-0.15, -0.1) is 0 Å². The first-order valence-electron chi connectivity index (χ1n) is 9.45. The maximum Gasteiger partial charge on any atom is 0.213 e. The molecule has 0 aliphatic carbocycles. The summed E-state index contributed by atoms with van der Waals surface area (Å²) >= 11 is 6.27. The summed E-state index contributed by atoms with van der Waals surface area (Å²) in [7, 11) is 4.12. The lowest BCUT2D eigenvalue weighted by Crippen LogP contribution is -2.24. The molecule has 4 aromatic rings. The van der Waals surface area contributed by atoms with E-state index in [1.807, 2.05) is 42.6 Å². The van der Waals surface area contributed by atoms with Crippen molar-refractivity contribution in [2.45, 2.75) is 19.9 Å². The van der Waals surface area contributed by atoms with E-state index >= 15 is 0 Å². The molecule has 0 amide bonds. The fourth-order valence-electron chi connectivity index (χ4n) is 3.82. The lowest BCUT2D eigenvalue weighted by atomic mass is 10.0. The summed E-state index contributed by atoms with van der Waals surface area (Å²) in [5.74, 6) is 1.87. The van der Waals surface area contributed by atoms with Gasteiger partial charge in [0.05, 0.1) is 6.04 Å². The Morgan fingerprint density at radius 1 is 1.07 bits per heavy atom. The fraction of sp³-hybridized carbons (Fsp3) is 0.261. The molecule has 0 aliphatic rings. The molecule has 0 fully saturated rings. The molecule has 4 rings (SSSR count). The highest BCUT2D eigenvalue weighted by Gasteiger charge is 2.27. The molecule has 0 saturated carbocycles. The second kappa shape index (κ2) is 7.46. The zero-order valence-corrected chi connectivity index (χ0v) is 17.3. The number of fused-ring (bicyclic) bond motifs is 1. The van der Waals surface area contributed by atoms with Crippen LogP contribution in [0.2, 0.25) is 5.02 Å². The van der Waals surface area contributed by atoms with Gasteiger partial charge in [-0.3, -0.25) is 4.90 Å². The van der Waals surface area contributed by atoms with Crippen LogP contribution in [0.5, 0.6) is 0 Å². The van der Waals surface area contributed by atoms with Gasteiger partial charge in [0, 0.05) is 33.2 Å². The molecule has 5 heteroatoms. The number of nitrogens with zero attached hydrogens (tertiary/aromatic N) is 2. The van der Waals surface area contributed by atoms with Gasteiger partial charge in [0.2, 0.25) is 5.89 Å². The van der Waals surface area contributed by atoms with Crippen molar-refractivity contribution in [3.8, 4) is 22.6 Å². The molecule has 0 radical (unpaired) electrons. The van der Waals surface area contributed by atoms with Gasteiger partial charge in [-0.05, 0) is 38.2 Å². The van der Waals surface area contributed by atoms with E-state index < -0.39 is 0 Å². The van der Waals surface area contributed by atoms with Crippen LogP contribution in [0.15, 0.2) is 59.1 Å². The number of nitrogens with one attached hydrogen (secondary N) is 1. The first-order chi connectivity index (χ1) is 13.5. The highest BCUT2D eigenvalue weighted by atomic mass is 35.5. The molecule has 0 unspecified atom stereocenters. The average molecular weight is 394 g/mol. The quantitative estimate of drug-likeness (QED) is 0.426. The molecule has 28 heavy (non-hydrogen) atoms. The topological polar surface area (TPSA) is 45.1 Å². The third-order valence-electron chi connectivity index (χ3n) is 5.02. The van der Waals surface area contributed by atoms with E-state index in [1.54, 1.807) is 0 Å². The smallest absolute Gasteiger partial charge is 0.213 e. The van der Waals surface area contributed by atoms with E-state index in [9.17, 15) is 0 Å². The zero-order chi connectivity index (χ0) is 19.8. The highest BCUT2D eigenvalue weighted by Crippen LogP contribution is 2.40. The molecular weight excluding hydrogens is 370 g/mol. The predicted molar refractivity (Wildman–Crippen MR) is 116 cm³/mol. The monoisotopic (exact) mass is 393 g/mol. The molecule has 1 atom stereocenters. The Morgan fingerprint density at radius 3 is 2.50 bits per heavy atom. The number of rotatable bonds is 5. The highest BCUT2D eigenvalue weighted by molar-refractivity contribution is 6.31. The van der Waals surface area contributed by atoms with Crippen LogP contribution in [0, 0.1) is 5.92 Å². The van der Waals surface area contributed by atoms with Crippen LogP contribution in [-0.4, -0.2) is 29.0 Å². The molecule has 2 aromatic heterocycles. The van der Waals surface area contributed by atoms with Crippen LogP contribution in [-0.2, 0) is 0 Å². The van der Waals surface area contributed by atoms with Gasteiger partial charge in [0.25, 0.3) is 0 Å². The van der Waals surface area contributed by atoms with E-state index in [-0.39, 0.29) is 6.04 Å². The van der Waals surface area contributed by atoms with Crippen molar-refractivity contribution in [2.24, 2.45) is 5.92 Å². The third kappa shape index (κ3) is 3.34. The maximum atomic E-state index is 6.39. The Hall–Kier alpha value is -2.56. The van der Waals surface area contributed by atoms with Crippen molar-refractivity contribution < 1.29 is 4.42 Å². The van der Waals surface area contributed by atoms with Crippen LogP contribution in [0.25, 0.3) is 33.5 Å². The van der Waals surface area contributed by atoms with Crippen LogP contribution in [0.1, 0.15) is 25.8 Å². The Morgan fingerprint density at radius 2 is 1.82 bits per heavy atom. The van der Waals surface area contributed by atoms with Crippen molar-refractivity contribution in [1.82, 2.24) is 14.9 Å². The number of hydrogen-bond acceptors (Lipinski definition) is 3. The Kier molecular flexibility index (Phi) is 5.00. The number of aromatic nitrogens is 2. The normalized spacial score (nSPS) is 13.0. The predicted octanol–water partition coefficient (Wildman–Crippen LogP) is 6.40. The van der Waals surface area contributed by atoms with Crippen LogP contribution in [0.4, 0.5) is 0 Å². The number of aromatic amines is 1. The zero-order valence-electron chi connectivity index (χ0n) is 16.5. The number of benzene rings is 2. The summed E-state index contributed by atoms with van der Waals surface area (Å²) in [4.78, 5) is 10.5. The molecule has 2 heterocycles. The standard InChI is InChI=1S/C23H24ClN3O/c1-14(2)21(27(3)4)23-26-20(22(28-23)15-8-6-5-7-9-15)18-13-25-19-11-10-16(24)12-17(18)19/h5-14,21,25H,1-4H3/t21-/m1/s1. The van der Waals surface area contributed by atoms with E-state index in [2.05, 4.69) is 50.0 Å². The molecular formula is C23H24ClN3O. The number of halogens is 1. The molecule has 2 aromatic carbocycles. The fourth-order valence-corrected chi connectivity index (χ4v) is 3.99. The van der Waals surface area contributed by atoms with Crippen LogP contribution >= 0.6 is 11.6 Å². The molecule has 0 aliphatic heterocycles. The summed E-state index contributed by atoms with van der Waals surface area (Å²) in [5, 5.41) is 1.74. The first kappa shape index (κ1) is 18.8. The second-order valence-electron chi connectivity index (χ2n) is 7.64. The van der Waals surface area contributed by atoms with Gasteiger partial charge < -0.3 is 9.40 Å². The molecule has 144 valence electrons. The Balaban J connectivity index is 1.96. The SMILES string of the molecule is CC(C)[C@H](c1nc(-c2c[nH]c3ccc(Cl)cc23)c(-c2ccccc2)o1)N(C)C. The van der Waals surface area contributed by atoms with E-state index in [0.717, 1.165) is 39.4 Å². The minimum atomic E-state index is 0.0880. The maximum absolute atomic E-state index is 6.39. The summed E-state index contributed by atoms with van der Waals surface area (Å²) in [6.07, 6.45) is 1.98. The van der Waals surface area contributed by atoms with Gasteiger partial charge in [-0.1, -0.05) is 55.8 Å². The van der Waals surface area contributed by atoms with Gasteiger partial charge in [0.15, 0.2) is 5.76 Å². The lowest BCUT2D eigenvalue weighted by Gasteiger charge is -2.24. The van der Waals surface area contributed by atoms with Gasteiger partial charge in [-0.25, -0.2) is 4.98 Å². The summed E-state index contributed by atoms with van der Waals surface area (Å²) in [6, 6.07) is 16.1. The third-order valence-corrected chi connectivity index (χ3v) is 5.25. The van der Waals surface area contributed by atoms with Crippen molar-refractivity contribution in [1.29, 1.82) is 0 Å². The van der Waals surface area contributed by atoms with Gasteiger partial charge in [0.1, 0.15) is 5.69 Å². The number of H-pyrrole nitrogens is 1. The minimum Gasteiger partial charge on any atom is -0.438 e. The molecule has 1 N–H and O–H groups in total. The first-order valence-corrected chi connectivity index (χ1v) is 9.83. The minimum absolute atomic E-state index is 0.0880. The van der Waals surface area contributed by atoms with Gasteiger partial charge >= 0.3 is 0 Å². The van der Waals surface area contributed by atoms with Crippen LogP contribution < -0.4 is 0 Å². The van der Waals surface area contributed by atoms with Crippen molar-refractivity contribution in [3.05, 3.63) is 65.6 Å². The molecule has 4 nitrogen and oxygen atoms in total. The summed E-state index contributed by atoms with van der Waals surface area (Å²) in [5.41, 5.74) is 3.86. The van der Waals surface area contributed by atoms with Crippen molar-refractivity contribution in [3.63, 3.8) is 0 Å². The average Bonchev–Trinajstić information content (AvgIpc) is 3.25. The largest absolute Gasteiger partial charge is 0.438 e. The molecule has 0 bridgehead atoms. The Labute approximate surface area is 170 Å². The Bertz CT molecular complexity index is 1090. The lowest BCUT2D eigenvalue weighted by molar-refractivity contribution is 0.196. The van der Waals surface area contributed by atoms with Crippen LogP contribution in [0.3, 0.4) is 0 Å².